The zero-order valence-electron chi connectivity index (χ0n) is 10.7. The summed E-state index contributed by atoms with van der Waals surface area (Å²) >= 11 is 1.30. The van der Waals surface area contributed by atoms with Crippen LogP contribution in [0.2, 0.25) is 0 Å². The van der Waals surface area contributed by atoms with Crippen LogP contribution in [0.25, 0.3) is 0 Å². The first kappa shape index (κ1) is 14.1. The van der Waals surface area contributed by atoms with Gasteiger partial charge in [0.15, 0.2) is 5.16 Å². The lowest BCUT2D eigenvalue weighted by Gasteiger charge is -2.06. The second-order valence-electron chi connectivity index (χ2n) is 3.95. The molecule has 9 heteroatoms. The molecule has 0 radical (unpaired) electrons. The Morgan fingerprint density at radius 3 is 2.95 bits per heavy atom. The van der Waals surface area contributed by atoms with Crippen LogP contribution in [0.1, 0.15) is 12.5 Å². The molecule has 0 aliphatic heterocycles. The second-order valence-corrected chi connectivity index (χ2v) is 4.89. The summed E-state index contributed by atoms with van der Waals surface area (Å²) in [5.41, 5.74) is 6.17. The number of nitro benzene ring substituents is 1. The van der Waals surface area contributed by atoms with Crippen LogP contribution < -0.4 is 11.4 Å². The van der Waals surface area contributed by atoms with Gasteiger partial charge in [-0.25, -0.2) is 9.89 Å². The van der Waals surface area contributed by atoms with E-state index in [1.807, 2.05) is 6.92 Å². The summed E-state index contributed by atoms with van der Waals surface area (Å²) in [5, 5.41) is 17.6. The highest BCUT2D eigenvalue weighted by Gasteiger charge is 2.15. The third kappa shape index (κ3) is 2.67. The summed E-state index contributed by atoms with van der Waals surface area (Å²) in [6, 6.07) is 4.66. The van der Waals surface area contributed by atoms with Crippen molar-refractivity contribution < 1.29 is 4.92 Å². The Morgan fingerprint density at radius 2 is 2.30 bits per heavy atom. The van der Waals surface area contributed by atoms with Crippen molar-refractivity contribution in [1.29, 1.82) is 0 Å². The van der Waals surface area contributed by atoms with Gasteiger partial charge in [0.1, 0.15) is 5.69 Å². The fraction of sp³-hybridized carbons (Fsp3) is 0.273. The van der Waals surface area contributed by atoms with Crippen LogP contribution in [0.3, 0.4) is 0 Å². The highest BCUT2D eigenvalue weighted by molar-refractivity contribution is 7.98. The first-order valence-corrected chi connectivity index (χ1v) is 6.83. The van der Waals surface area contributed by atoms with E-state index in [9.17, 15) is 14.9 Å². The van der Waals surface area contributed by atoms with Gasteiger partial charge in [-0.05, 0) is 12.5 Å². The molecule has 1 aromatic carbocycles. The van der Waals surface area contributed by atoms with E-state index >= 15 is 0 Å². The van der Waals surface area contributed by atoms with Gasteiger partial charge in [0, 0.05) is 18.4 Å². The van der Waals surface area contributed by atoms with E-state index in [0.717, 1.165) is 0 Å². The molecule has 0 amide bonds. The van der Waals surface area contributed by atoms with Crippen molar-refractivity contribution in [1.82, 2.24) is 14.8 Å². The van der Waals surface area contributed by atoms with Gasteiger partial charge in [0.2, 0.25) is 0 Å². The Bertz CT molecular complexity index is 694. The fourth-order valence-corrected chi connectivity index (χ4v) is 2.73. The minimum atomic E-state index is -0.514. The molecule has 106 valence electrons. The Morgan fingerprint density at radius 1 is 1.55 bits per heavy atom. The maximum atomic E-state index is 11.4. The number of para-hydroxylation sites is 1. The van der Waals surface area contributed by atoms with E-state index in [-0.39, 0.29) is 17.1 Å². The standard InChI is InChI=1S/C11H13N5O3S/c1-2-15-10(17)13-14-11(15)20-6-7-4-3-5-8(9(7)12)16(18)19/h3-5H,2,6,12H2,1H3,(H,13,17). The largest absolute Gasteiger partial charge is 0.393 e. The summed E-state index contributed by atoms with van der Waals surface area (Å²) in [5.74, 6) is 0.401. The number of aromatic nitrogens is 3. The maximum absolute atomic E-state index is 11.4. The van der Waals surface area contributed by atoms with Crippen molar-refractivity contribution in [2.24, 2.45) is 0 Å². The van der Waals surface area contributed by atoms with Gasteiger partial charge in [-0.2, -0.15) is 0 Å². The topological polar surface area (TPSA) is 120 Å². The van der Waals surface area contributed by atoms with Crippen molar-refractivity contribution in [2.75, 3.05) is 5.73 Å². The number of rotatable bonds is 5. The SMILES string of the molecule is CCn1c(SCc2cccc([N+](=O)[O-])c2N)n[nH]c1=O. The monoisotopic (exact) mass is 295 g/mol. The van der Waals surface area contributed by atoms with E-state index in [1.165, 1.54) is 22.4 Å². The number of nitrogens with one attached hydrogen (secondary N) is 1. The number of anilines is 1. The number of hydrogen-bond donors (Lipinski definition) is 2. The predicted octanol–water partition coefficient (Wildman–Crippen LogP) is 1.37. The predicted molar refractivity (Wildman–Crippen MR) is 75.6 cm³/mol. The van der Waals surface area contributed by atoms with Crippen LogP contribution >= 0.6 is 11.8 Å². The Labute approximate surface area is 118 Å². The van der Waals surface area contributed by atoms with Crippen molar-refractivity contribution in [3.63, 3.8) is 0 Å². The highest BCUT2D eigenvalue weighted by Crippen LogP contribution is 2.29. The quantitative estimate of drug-likeness (QED) is 0.372. The van der Waals surface area contributed by atoms with Gasteiger partial charge < -0.3 is 5.73 Å². The minimum Gasteiger partial charge on any atom is -0.393 e. The van der Waals surface area contributed by atoms with E-state index < -0.39 is 4.92 Å². The molecule has 0 unspecified atom stereocenters. The normalized spacial score (nSPS) is 10.7. The molecule has 0 saturated carbocycles. The molecule has 0 atom stereocenters. The average molecular weight is 295 g/mol. The van der Waals surface area contributed by atoms with Gasteiger partial charge >= 0.3 is 5.69 Å². The van der Waals surface area contributed by atoms with Crippen LogP contribution in [0.5, 0.6) is 0 Å². The Kier molecular flexibility index (Phi) is 4.08. The third-order valence-electron chi connectivity index (χ3n) is 2.77. The highest BCUT2D eigenvalue weighted by atomic mass is 32.2. The Balaban J connectivity index is 2.21. The van der Waals surface area contributed by atoms with Crippen LogP contribution in [-0.2, 0) is 12.3 Å². The molecule has 8 nitrogen and oxygen atoms in total. The molecular formula is C11H13N5O3S. The van der Waals surface area contributed by atoms with Gasteiger partial charge in [-0.3, -0.25) is 14.7 Å². The minimum absolute atomic E-state index is 0.113. The molecule has 0 bridgehead atoms. The molecule has 0 fully saturated rings. The molecule has 20 heavy (non-hydrogen) atoms. The van der Waals surface area contributed by atoms with Crippen molar-refractivity contribution in [2.45, 2.75) is 24.4 Å². The van der Waals surface area contributed by atoms with E-state index in [4.69, 9.17) is 5.73 Å². The lowest BCUT2D eigenvalue weighted by Crippen LogP contribution is -2.16. The molecule has 0 spiro atoms. The summed E-state index contributed by atoms with van der Waals surface area (Å²) in [6.07, 6.45) is 0. The third-order valence-corrected chi connectivity index (χ3v) is 3.79. The number of nitro groups is 1. The molecular weight excluding hydrogens is 282 g/mol. The zero-order chi connectivity index (χ0) is 14.7. The van der Waals surface area contributed by atoms with Crippen LogP contribution in [-0.4, -0.2) is 19.7 Å². The van der Waals surface area contributed by atoms with Crippen LogP contribution in [0.15, 0.2) is 28.2 Å². The van der Waals surface area contributed by atoms with Gasteiger partial charge in [0.05, 0.1) is 4.92 Å². The smallest absolute Gasteiger partial charge is 0.343 e. The maximum Gasteiger partial charge on any atom is 0.343 e. The zero-order valence-corrected chi connectivity index (χ0v) is 11.5. The number of H-pyrrole nitrogens is 1. The van der Waals surface area contributed by atoms with Gasteiger partial charge in [0.25, 0.3) is 5.69 Å². The number of benzene rings is 1. The molecule has 2 rings (SSSR count). The van der Waals surface area contributed by atoms with Gasteiger partial charge in [-0.15, -0.1) is 5.10 Å². The summed E-state index contributed by atoms with van der Waals surface area (Å²) in [4.78, 5) is 21.7. The number of nitrogen functional groups attached to an aromatic ring is 1. The number of aromatic amines is 1. The lowest BCUT2D eigenvalue weighted by atomic mass is 10.2. The number of hydrogen-bond acceptors (Lipinski definition) is 6. The lowest BCUT2D eigenvalue weighted by molar-refractivity contribution is -0.383. The fourth-order valence-electron chi connectivity index (χ4n) is 1.72. The number of nitrogens with two attached hydrogens (primary N) is 1. The van der Waals surface area contributed by atoms with Gasteiger partial charge in [-0.1, -0.05) is 23.9 Å². The molecule has 3 N–H and O–H groups in total. The number of thioether (sulfide) groups is 1. The molecule has 0 aliphatic rings. The average Bonchev–Trinajstić information content (AvgIpc) is 2.77. The van der Waals surface area contributed by atoms with E-state index in [1.54, 1.807) is 12.1 Å². The molecule has 0 aliphatic carbocycles. The molecule has 2 aromatic rings. The Hall–Kier alpha value is -2.29. The number of nitrogens with zero attached hydrogens (tertiary/aromatic N) is 3. The molecule has 1 heterocycles. The van der Waals surface area contributed by atoms with Crippen molar-refractivity contribution >= 4 is 23.1 Å². The van der Waals surface area contributed by atoms with Crippen LogP contribution in [0.4, 0.5) is 11.4 Å². The van der Waals surface area contributed by atoms with Crippen molar-refractivity contribution in [3.8, 4) is 0 Å². The van der Waals surface area contributed by atoms with Crippen LogP contribution in [0, 0.1) is 10.1 Å². The molecule has 1 aromatic heterocycles. The summed E-state index contributed by atoms with van der Waals surface area (Å²) in [6.45, 7) is 2.34. The van der Waals surface area contributed by atoms with E-state index in [0.29, 0.717) is 23.0 Å². The summed E-state index contributed by atoms with van der Waals surface area (Å²) < 4.78 is 1.48. The first-order chi connectivity index (χ1) is 9.54. The van der Waals surface area contributed by atoms with Crippen molar-refractivity contribution in [3.05, 3.63) is 44.4 Å². The summed E-state index contributed by atoms with van der Waals surface area (Å²) in [7, 11) is 0. The van der Waals surface area contributed by atoms with E-state index in [2.05, 4.69) is 10.2 Å². The first-order valence-electron chi connectivity index (χ1n) is 5.84. The second kappa shape index (κ2) is 5.78. The molecule has 0 saturated heterocycles.